The first-order valence-corrected chi connectivity index (χ1v) is 8.07. The first-order valence-electron chi connectivity index (χ1n) is 6.91. The molecule has 1 aliphatic rings. The van der Waals surface area contributed by atoms with Crippen molar-refractivity contribution < 1.29 is 13.6 Å². The number of amides is 1. The second kappa shape index (κ2) is 8.31. The summed E-state index contributed by atoms with van der Waals surface area (Å²) in [5.41, 5.74) is -0.391. The number of hydrogen-bond donors (Lipinski definition) is 2. The molecule has 0 atom stereocenters. The number of carbonyl (C=O) groups excluding carboxylic acids is 1. The van der Waals surface area contributed by atoms with Gasteiger partial charge in [0.2, 0.25) is 5.91 Å². The van der Waals surface area contributed by atoms with E-state index in [4.69, 9.17) is 0 Å². The lowest BCUT2D eigenvalue weighted by molar-refractivity contribution is -0.115. The molecule has 1 fully saturated rings. The quantitative estimate of drug-likeness (QED) is 0.782. The molecule has 116 valence electrons. The van der Waals surface area contributed by atoms with Crippen molar-refractivity contribution in [1.29, 1.82) is 0 Å². The van der Waals surface area contributed by atoms with Crippen LogP contribution in [-0.2, 0) is 4.79 Å². The molecule has 1 aromatic carbocycles. The second-order valence-corrected chi connectivity index (χ2v) is 6.00. The molecule has 0 radical (unpaired) electrons. The first kappa shape index (κ1) is 16.2. The third kappa shape index (κ3) is 5.26. The molecule has 0 spiro atoms. The number of benzene rings is 1. The first-order chi connectivity index (χ1) is 10.2. The zero-order valence-corrected chi connectivity index (χ0v) is 12.5. The van der Waals surface area contributed by atoms with Crippen LogP contribution in [0.1, 0.15) is 0 Å². The van der Waals surface area contributed by atoms with Gasteiger partial charge in [-0.25, -0.2) is 8.78 Å². The molecule has 2 N–H and O–H groups in total. The Hall–Kier alpha value is -1.18. The van der Waals surface area contributed by atoms with E-state index < -0.39 is 23.2 Å². The van der Waals surface area contributed by atoms with E-state index in [-0.39, 0.29) is 6.54 Å². The van der Waals surface area contributed by atoms with Crippen LogP contribution in [0.3, 0.4) is 0 Å². The van der Waals surface area contributed by atoms with Crippen molar-refractivity contribution in [3.8, 4) is 0 Å². The normalized spacial score (nSPS) is 15.9. The molecule has 0 aliphatic carbocycles. The van der Waals surface area contributed by atoms with Crippen LogP contribution in [0.4, 0.5) is 14.5 Å². The van der Waals surface area contributed by atoms with Crippen molar-refractivity contribution in [1.82, 2.24) is 10.2 Å². The van der Waals surface area contributed by atoms with Gasteiger partial charge in [-0.3, -0.25) is 4.79 Å². The van der Waals surface area contributed by atoms with Gasteiger partial charge in [0.05, 0.1) is 6.54 Å². The number of thioether (sulfide) groups is 1. The van der Waals surface area contributed by atoms with Crippen LogP contribution in [0.15, 0.2) is 18.2 Å². The maximum absolute atomic E-state index is 13.4. The van der Waals surface area contributed by atoms with Crippen LogP contribution in [0.5, 0.6) is 0 Å². The highest BCUT2D eigenvalue weighted by molar-refractivity contribution is 7.99. The lowest BCUT2D eigenvalue weighted by atomic mass is 10.3. The van der Waals surface area contributed by atoms with Crippen LogP contribution >= 0.6 is 11.8 Å². The zero-order chi connectivity index (χ0) is 15.1. The van der Waals surface area contributed by atoms with Crippen molar-refractivity contribution >= 4 is 23.4 Å². The van der Waals surface area contributed by atoms with Crippen LogP contribution < -0.4 is 10.6 Å². The van der Waals surface area contributed by atoms with Gasteiger partial charge < -0.3 is 15.5 Å². The summed E-state index contributed by atoms with van der Waals surface area (Å²) in [7, 11) is 0. The fourth-order valence-corrected chi connectivity index (χ4v) is 3.04. The number of nitrogens with zero attached hydrogens (tertiary/aromatic N) is 1. The van der Waals surface area contributed by atoms with Crippen LogP contribution in [0, 0.1) is 11.6 Å². The summed E-state index contributed by atoms with van der Waals surface area (Å²) < 4.78 is 26.7. The molecule has 0 unspecified atom stereocenters. The Balaban J connectivity index is 1.67. The maximum Gasteiger partial charge on any atom is 0.238 e. The van der Waals surface area contributed by atoms with Gasteiger partial charge in [-0.15, -0.1) is 0 Å². The molecule has 21 heavy (non-hydrogen) atoms. The van der Waals surface area contributed by atoms with Gasteiger partial charge in [0, 0.05) is 37.7 Å². The zero-order valence-electron chi connectivity index (χ0n) is 11.7. The fourth-order valence-electron chi connectivity index (χ4n) is 2.06. The summed E-state index contributed by atoms with van der Waals surface area (Å²) in [6.07, 6.45) is 0. The van der Waals surface area contributed by atoms with Crippen LogP contribution in [0.25, 0.3) is 0 Å². The number of rotatable bonds is 6. The molecule has 0 bridgehead atoms. The molecule has 1 aromatic rings. The summed E-state index contributed by atoms with van der Waals surface area (Å²) in [5, 5.41) is 5.23. The predicted molar refractivity (Wildman–Crippen MR) is 81.6 cm³/mol. The van der Waals surface area contributed by atoms with Gasteiger partial charge in [-0.2, -0.15) is 11.8 Å². The number of carbonyl (C=O) groups is 1. The van der Waals surface area contributed by atoms with Crippen LogP contribution in [0.2, 0.25) is 0 Å². The number of para-hydroxylation sites is 1. The van der Waals surface area contributed by atoms with Gasteiger partial charge in [0.1, 0.15) is 17.3 Å². The van der Waals surface area contributed by atoms with Crippen molar-refractivity contribution in [2.45, 2.75) is 0 Å². The second-order valence-electron chi connectivity index (χ2n) is 4.78. The highest BCUT2D eigenvalue weighted by Crippen LogP contribution is 2.17. The molecule has 1 saturated heterocycles. The van der Waals surface area contributed by atoms with Crippen molar-refractivity contribution in [3.05, 3.63) is 29.8 Å². The number of hydrogen-bond acceptors (Lipinski definition) is 4. The molecule has 2 rings (SSSR count). The lowest BCUT2D eigenvalue weighted by Gasteiger charge is -2.26. The van der Waals surface area contributed by atoms with E-state index in [1.165, 1.54) is 6.07 Å². The third-order valence-electron chi connectivity index (χ3n) is 3.22. The maximum atomic E-state index is 13.4. The molecular weight excluding hydrogens is 296 g/mol. The molecule has 0 saturated carbocycles. The Morgan fingerprint density at radius 1 is 1.24 bits per heavy atom. The molecule has 1 heterocycles. The summed E-state index contributed by atoms with van der Waals surface area (Å²) >= 11 is 1.95. The van der Waals surface area contributed by atoms with Gasteiger partial charge in [0.25, 0.3) is 0 Å². The highest BCUT2D eigenvalue weighted by atomic mass is 32.2. The molecule has 1 aliphatic heterocycles. The summed E-state index contributed by atoms with van der Waals surface area (Å²) in [6.45, 7) is 3.73. The van der Waals surface area contributed by atoms with Crippen LogP contribution in [-0.4, -0.2) is 55.0 Å². The summed E-state index contributed by atoms with van der Waals surface area (Å²) in [6, 6.07) is 3.48. The Morgan fingerprint density at radius 2 is 1.90 bits per heavy atom. The minimum Gasteiger partial charge on any atom is -0.320 e. The topological polar surface area (TPSA) is 44.4 Å². The van der Waals surface area contributed by atoms with Gasteiger partial charge >= 0.3 is 0 Å². The van der Waals surface area contributed by atoms with Gasteiger partial charge in [0.15, 0.2) is 0 Å². The van der Waals surface area contributed by atoms with Gasteiger partial charge in [-0.05, 0) is 12.1 Å². The van der Waals surface area contributed by atoms with E-state index in [1.54, 1.807) is 0 Å². The summed E-state index contributed by atoms with van der Waals surface area (Å²) in [5.74, 6) is 0.302. The number of halogens is 2. The van der Waals surface area contributed by atoms with Gasteiger partial charge in [-0.1, -0.05) is 6.07 Å². The SMILES string of the molecule is O=C(CNCCN1CCSCC1)Nc1c(F)cccc1F. The number of nitrogens with one attached hydrogen (secondary N) is 2. The molecule has 4 nitrogen and oxygen atoms in total. The highest BCUT2D eigenvalue weighted by Gasteiger charge is 2.12. The smallest absolute Gasteiger partial charge is 0.238 e. The average molecular weight is 315 g/mol. The Labute approximate surface area is 127 Å². The Morgan fingerprint density at radius 3 is 2.57 bits per heavy atom. The average Bonchev–Trinajstić information content (AvgIpc) is 2.49. The lowest BCUT2D eigenvalue weighted by Crippen LogP contribution is -2.39. The summed E-state index contributed by atoms with van der Waals surface area (Å²) in [4.78, 5) is 14.0. The van der Waals surface area contributed by atoms with Crippen molar-refractivity contribution in [3.63, 3.8) is 0 Å². The molecule has 0 aromatic heterocycles. The fraction of sp³-hybridized carbons (Fsp3) is 0.500. The largest absolute Gasteiger partial charge is 0.320 e. The van der Waals surface area contributed by atoms with E-state index in [0.717, 1.165) is 43.3 Å². The molecule has 1 amide bonds. The third-order valence-corrected chi connectivity index (χ3v) is 4.16. The van der Waals surface area contributed by atoms with E-state index in [0.29, 0.717) is 6.54 Å². The standard InChI is InChI=1S/C14H19F2N3OS/c15-11-2-1-3-12(16)14(11)18-13(20)10-17-4-5-19-6-8-21-9-7-19/h1-3,17H,4-10H2,(H,18,20). The van der Waals surface area contributed by atoms with E-state index in [1.807, 2.05) is 11.8 Å². The molecular formula is C14H19F2N3OS. The Bertz CT molecular complexity index is 461. The predicted octanol–water partition coefficient (Wildman–Crippen LogP) is 1.54. The monoisotopic (exact) mass is 315 g/mol. The van der Waals surface area contributed by atoms with E-state index in [9.17, 15) is 13.6 Å². The molecule has 7 heteroatoms. The number of anilines is 1. The van der Waals surface area contributed by atoms with E-state index >= 15 is 0 Å². The van der Waals surface area contributed by atoms with Crippen molar-refractivity contribution in [2.75, 3.05) is 49.5 Å². The van der Waals surface area contributed by atoms with Crippen molar-refractivity contribution in [2.24, 2.45) is 0 Å². The minimum absolute atomic E-state index is 0.0381. The minimum atomic E-state index is -0.769. The van der Waals surface area contributed by atoms with E-state index in [2.05, 4.69) is 15.5 Å². The Kier molecular flexibility index (Phi) is 6.41.